The number of benzene rings is 1. The predicted octanol–water partition coefficient (Wildman–Crippen LogP) is 4.36. The van der Waals surface area contributed by atoms with Gasteiger partial charge in [0, 0.05) is 29.1 Å². The second kappa shape index (κ2) is 7.58. The van der Waals surface area contributed by atoms with Crippen LogP contribution in [0.2, 0.25) is 0 Å². The van der Waals surface area contributed by atoms with Gasteiger partial charge < -0.3 is 5.32 Å². The van der Waals surface area contributed by atoms with Crippen LogP contribution in [0.15, 0.2) is 28.7 Å². The molecule has 0 amide bonds. The summed E-state index contributed by atoms with van der Waals surface area (Å²) in [6, 6.07) is 10.6. The Morgan fingerprint density at radius 3 is 2.85 bits per heavy atom. The quantitative estimate of drug-likeness (QED) is 0.828. The lowest BCUT2D eigenvalue weighted by atomic mass is 10.0. The summed E-state index contributed by atoms with van der Waals surface area (Å²) < 4.78 is 1.16. The van der Waals surface area contributed by atoms with Gasteiger partial charge in [-0.2, -0.15) is 0 Å². The molecule has 1 aromatic rings. The highest BCUT2D eigenvalue weighted by Gasteiger charge is 2.29. The number of hydrogen-bond acceptors (Lipinski definition) is 2. The van der Waals surface area contributed by atoms with Crippen LogP contribution in [0.5, 0.6) is 0 Å². The Balaban J connectivity index is 1.97. The van der Waals surface area contributed by atoms with E-state index in [2.05, 4.69) is 71.3 Å². The summed E-state index contributed by atoms with van der Waals surface area (Å²) in [7, 11) is 2.07. The summed E-state index contributed by atoms with van der Waals surface area (Å²) >= 11 is 3.57. The lowest BCUT2D eigenvalue weighted by Crippen LogP contribution is -2.36. The zero-order valence-corrected chi connectivity index (χ0v) is 14.5. The molecule has 3 unspecified atom stereocenters. The van der Waals surface area contributed by atoms with E-state index in [1.165, 1.54) is 37.8 Å². The minimum absolute atomic E-state index is 0.442. The second-order valence-electron chi connectivity index (χ2n) is 5.91. The highest BCUT2D eigenvalue weighted by atomic mass is 79.9. The molecule has 1 aliphatic rings. The third-order valence-electron chi connectivity index (χ3n) is 4.70. The minimum atomic E-state index is 0.442. The first-order chi connectivity index (χ1) is 9.65. The van der Waals surface area contributed by atoms with E-state index < -0.39 is 0 Å². The maximum Gasteiger partial charge on any atom is 0.0330 e. The van der Waals surface area contributed by atoms with Crippen molar-refractivity contribution in [1.29, 1.82) is 0 Å². The fourth-order valence-corrected chi connectivity index (χ4v) is 3.86. The van der Waals surface area contributed by atoms with Crippen molar-refractivity contribution in [3.8, 4) is 0 Å². The summed E-state index contributed by atoms with van der Waals surface area (Å²) in [6.45, 7) is 5.89. The number of halogens is 1. The van der Waals surface area contributed by atoms with Gasteiger partial charge in [0.1, 0.15) is 0 Å². The largest absolute Gasteiger partial charge is 0.313 e. The topological polar surface area (TPSA) is 15.3 Å². The highest BCUT2D eigenvalue weighted by molar-refractivity contribution is 9.10. The van der Waals surface area contributed by atoms with Crippen LogP contribution >= 0.6 is 15.9 Å². The molecular formula is C17H27BrN2. The van der Waals surface area contributed by atoms with Crippen molar-refractivity contribution in [3.05, 3.63) is 34.3 Å². The molecule has 1 fully saturated rings. The van der Waals surface area contributed by atoms with Crippen LogP contribution in [0.4, 0.5) is 0 Å². The molecule has 112 valence electrons. The van der Waals surface area contributed by atoms with E-state index in [4.69, 9.17) is 0 Å². The Morgan fingerprint density at radius 1 is 1.40 bits per heavy atom. The minimum Gasteiger partial charge on any atom is -0.313 e. The summed E-state index contributed by atoms with van der Waals surface area (Å²) in [4.78, 5) is 2.71. The molecule has 20 heavy (non-hydrogen) atoms. The lowest BCUT2D eigenvalue weighted by Gasteiger charge is -2.29. The summed E-state index contributed by atoms with van der Waals surface area (Å²) in [5.74, 6) is 0. The molecule has 1 aliphatic heterocycles. The molecule has 0 spiro atoms. The van der Waals surface area contributed by atoms with Crippen molar-refractivity contribution in [2.45, 2.75) is 57.7 Å². The third kappa shape index (κ3) is 3.84. The average molecular weight is 339 g/mol. The van der Waals surface area contributed by atoms with Gasteiger partial charge in [0.25, 0.3) is 0 Å². The van der Waals surface area contributed by atoms with E-state index in [-0.39, 0.29) is 0 Å². The zero-order chi connectivity index (χ0) is 14.5. The molecule has 1 aromatic carbocycles. The summed E-state index contributed by atoms with van der Waals surface area (Å²) in [6.07, 6.45) is 5.19. The van der Waals surface area contributed by atoms with Crippen LogP contribution in [0, 0.1) is 0 Å². The Bertz CT molecular complexity index is 421. The van der Waals surface area contributed by atoms with Crippen molar-refractivity contribution in [3.63, 3.8) is 0 Å². The Labute approximate surface area is 132 Å². The van der Waals surface area contributed by atoms with E-state index in [1.54, 1.807) is 0 Å². The number of hydrogen-bond donors (Lipinski definition) is 1. The van der Waals surface area contributed by atoms with Gasteiger partial charge in [-0.1, -0.05) is 35.0 Å². The standard InChI is InChI=1S/C17H27BrN2/c1-4-16-9-8-13(2)20(16)11-10-17(19-3)14-6-5-7-15(18)12-14/h5-7,12-13,16-17,19H,4,8-11H2,1-3H3. The first kappa shape index (κ1) is 16.0. The molecule has 0 radical (unpaired) electrons. The van der Waals surface area contributed by atoms with Gasteiger partial charge >= 0.3 is 0 Å². The van der Waals surface area contributed by atoms with E-state index in [1.807, 2.05) is 0 Å². The fourth-order valence-electron chi connectivity index (χ4n) is 3.45. The lowest BCUT2D eigenvalue weighted by molar-refractivity contribution is 0.189. The third-order valence-corrected chi connectivity index (χ3v) is 5.19. The van der Waals surface area contributed by atoms with E-state index in [0.29, 0.717) is 6.04 Å². The smallest absolute Gasteiger partial charge is 0.0330 e. The van der Waals surface area contributed by atoms with E-state index in [0.717, 1.165) is 16.6 Å². The predicted molar refractivity (Wildman–Crippen MR) is 90.0 cm³/mol. The molecule has 0 bridgehead atoms. The fraction of sp³-hybridized carbons (Fsp3) is 0.647. The van der Waals surface area contributed by atoms with Crippen molar-refractivity contribution < 1.29 is 0 Å². The van der Waals surface area contributed by atoms with Crippen molar-refractivity contribution in [2.24, 2.45) is 0 Å². The van der Waals surface area contributed by atoms with E-state index in [9.17, 15) is 0 Å². The summed E-state index contributed by atoms with van der Waals surface area (Å²) in [5, 5.41) is 3.47. The van der Waals surface area contributed by atoms with Gasteiger partial charge in [0.2, 0.25) is 0 Å². The van der Waals surface area contributed by atoms with Crippen molar-refractivity contribution in [2.75, 3.05) is 13.6 Å². The first-order valence-corrected chi connectivity index (χ1v) is 8.63. The number of rotatable bonds is 6. The number of nitrogens with one attached hydrogen (secondary N) is 1. The molecular weight excluding hydrogens is 312 g/mol. The zero-order valence-electron chi connectivity index (χ0n) is 12.9. The molecule has 1 N–H and O–H groups in total. The number of likely N-dealkylation sites (tertiary alicyclic amines) is 1. The van der Waals surface area contributed by atoms with Gasteiger partial charge in [-0.15, -0.1) is 0 Å². The highest BCUT2D eigenvalue weighted by Crippen LogP contribution is 2.28. The normalized spacial score (nSPS) is 25.0. The molecule has 0 aliphatic carbocycles. The van der Waals surface area contributed by atoms with Crippen molar-refractivity contribution >= 4 is 15.9 Å². The van der Waals surface area contributed by atoms with Gasteiger partial charge in [-0.3, -0.25) is 4.90 Å². The van der Waals surface area contributed by atoms with Gasteiger partial charge in [-0.05, 0) is 57.4 Å². The molecule has 2 rings (SSSR count). The molecule has 0 aromatic heterocycles. The van der Waals surface area contributed by atoms with Gasteiger partial charge in [0.15, 0.2) is 0 Å². The van der Waals surface area contributed by atoms with Gasteiger partial charge in [0.05, 0.1) is 0 Å². The molecule has 1 saturated heterocycles. The van der Waals surface area contributed by atoms with Crippen LogP contribution in [0.25, 0.3) is 0 Å². The Morgan fingerprint density at radius 2 is 2.20 bits per heavy atom. The maximum atomic E-state index is 3.57. The second-order valence-corrected chi connectivity index (χ2v) is 6.83. The summed E-state index contributed by atoms with van der Waals surface area (Å²) in [5.41, 5.74) is 1.38. The molecule has 1 heterocycles. The van der Waals surface area contributed by atoms with Crippen LogP contribution in [-0.2, 0) is 0 Å². The first-order valence-electron chi connectivity index (χ1n) is 7.84. The van der Waals surface area contributed by atoms with Gasteiger partial charge in [-0.25, -0.2) is 0 Å². The maximum absolute atomic E-state index is 3.57. The molecule has 2 nitrogen and oxygen atoms in total. The number of nitrogens with zero attached hydrogens (tertiary/aromatic N) is 1. The molecule has 3 atom stereocenters. The Kier molecular flexibility index (Phi) is 6.06. The Hall–Kier alpha value is -0.380. The van der Waals surface area contributed by atoms with Crippen LogP contribution in [0.3, 0.4) is 0 Å². The van der Waals surface area contributed by atoms with Crippen LogP contribution in [0.1, 0.15) is 51.1 Å². The molecule has 0 saturated carbocycles. The molecule has 3 heteroatoms. The van der Waals surface area contributed by atoms with Crippen LogP contribution in [-0.4, -0.2) is 30.6 Å². The average Bonchev–Trinajstić information content (AvgIpc) is 2.80. The van der Waals surface area contributed by atoms with Crippen molar-refractivity contribution in [1.82, 2.24) is 10.2 Å². The SMILES string of the molecule is CCC1CCC(C)N1CCC(NC)c1cccc(Br)c1. The van der Waals surface area contributed by atoms with Crippen LogP contribution < -0.4 is 5.32 Å². The monoisotopic (exact) mass is 338 g/mol. The van der Waals surface area contributed by atoms with E-state index >= 15 is 0 Å².